The number of methoxy groups -OCH3 is 1. The maximum Gasteiger partial charge on any atom is 0.223 e. The van der Waals surface area contributed by atoms with E-state index in [1.165, 1.54) is 12.8 Å². The number of ether oxygens (including phenoxy) is 1. The summed E-state index contributed by atoms with van der Waals surface area (Å²) in [5.41, 5.74) is 2.15. The van der Waals surface area contributed by atoms with Gasteiger partial charge in [-0.15, -0.1) is 0 Å². The van der Waals surface area contributed by atoms with Crippen LogP contribution in [0.25, 0.3) is 0 Å². The summed E-state index contributed by atoms with van der Waals surface area (Å²) in [4.78, 5) is 26.1. The summed E-state index contributed by atoms with van der Waals surface area (Å²) in [7, 11) is 1.65. The van der Waals surface area contributed by atoms with E-state index in [-0.39, 0.29) is 11.8 Å². The highest BCUT2D eigenvalue weighted by Gasteiger charge is 2.28. The van der Waals surface area contributed by atoms with E-state index in [4.69, 9.17) is 4.74 Å². The first kappa shape index (κ1) is 19.5. The van der Waals surface area contributed by atoms with E-state index < -0.39 is 0 Å². The minimum absolute atomic E-state index is 0.0525. The molecule has 1 amide bonds. The van der Waals surface area contributed by atoms with Gasteiger partial charge in [0.05, 0.1) is 19.0 Å². The molecule has 2 saturated heterocycles. The molecule has 7 heteroatoms. The van der Waals surface area contributed by atoms with Gasteiger partial charge in [-0.3, -0.25) is 4.79 Å². The molecule has 4 rings (SSSR count). The molecule has 0 aliphatic carbocycles. The van der Waals surface area contributed by atoms with E-state index in [0.717, 1.165) is 61.8 Å². The molecule has 2 aromatic rings. The largest absolute Gasteiger partial charge is 0.497 e. The molecule has 0 saturated carbocycles. The molecule has 2 aliphatic rings. The molecule has 2 fully saturated rings. The predicted molar refractivity (Wildman–Crippen MR) is 113 cm³/mol. The fourth-order valence-electron chi connectivity index (χ4n) is 4.21. The van der Waals surface area contributed by atoms with E-state index in [9.17, 15) is 4.79 Å². The van der Waals surface area contributed by atoms with Crippen LogP contribution in [0, 0.1) is 5.92 Å². The molecule has 7 nitrogen and oxygen atoms in total. The zero-order chi connectivity index (χ0) is 20.1. The Hall–Kier alpha value is -2.83. The van der Waals surface area contributed by atoms with Crippen LogP contribution in [0.3, 0.4) is 0 Å². The van der Waals surface area contributed by atoms with Crippen molar-refractivity contribution in [1.29, 1.82) is 0 Å². The average Bonchev–Trinajstić information content (AvgIpc) is 3.32. The van der Waals surface area contributed by atoms with Crippen LogP contribution < -0.4 is 19.9 Å². The second-order valence-corrected chi connectivity index (χ2v) is 7.76. The van der Waals surface area contributed by atoms with Crippen molar-refractivity contribution in [1.82, 2.24) is 15.3 Å². The van der Waals surface area contributed by atoms with Crippen molar-refractivity contribution in [2.45, 2.75) is 32.2 Å². The second-order valence-electron chi connectivity index (χ2n) is 7.76. The fourth-order valence-corrected chi connectivity index (χ4v) is 4.21. The Morgan fingerprint density at radius 1 is 1.17 bits per heavy atom. The van der Waals surface area contributed by atoms with Crippen molar-refractivity contribution in [3.05, 3.63) is 42.4 Å². The van der Waals surface area contributed by atoms with Gasteiger partial charge in [-0.05, 0) is 43.4 Å². The van der Waals surface area contributed by atoms with Gasteiger partial charge in [-0.25, -0.2) is 9.97 Å². The van der Waals surface area contributed by atoms with Gasteiger partial charge in [0.2, 0.25) is 5.91 Å². The van der Waals surface area contributed by atoms with Gasteiger partial charge in [0, 0.05) is 38.6 Å². The van der Waals surface area contributed by atoms with Crippen LogP contribution in [0.4, 0.5) is 11.5 Å². The van der Waals surface area contributed by atoms with Crippen molar-refractivity contribution >= 4 is 17.4 Å². The maximum atomic E-state index is 12.7. The van der Waals surface area contributed by atoms with Gasteiger partial charge in [0.1, 0.15) is 12.1 Å². The van der Waals surface area contributed by atoms with E-state index >= 15 is 0 Å². The van der Waals surface area contributed by atoms with Crippen LogP contribution in [0.5, 0.6) is 5.75 Å². The third-order valence-electron chi connectivity index (χ3n) is 5.89. The standard InChI is InChI=1S/C22H29N5O2/c1-29-19-6-4-5-17(13-19)14-24-22(28)18-7-11-26(12-8-18)20-15-23-16-25-21(20)27-9-2-3-10-27/h4-6,13,15-16,18H,2-3,7-12,14H2,1H3,(H,24,28). The molecule has 1 aromatic carbocycles. The summed E-state index contributed by atoms with van der Waals surface area (Å²) in [5.74, 6) is 2.04. The highest BCUT2D eigenvalue weighted by molar-refractivity contribution is 5.79. The number of benzene rings is 1. The van der Waals surface area contributed by atoms with Gasteiger partial charge < -0.3 is 19.9 Å². The van der Waals surface area contributed by atoms with Crippen molar-refractivity contribution in [2.75, 3.05) is 43.1 Å². The fraction of sp³-hybridized carbons (Fsp3) is 0.500. The third-order valence-corrected chi connectivity index (χ3v) is 5.89. The molecular weight excluding hydrogens is 366 g/mol. The monoisotopic (exact) mass is 395 g/mol. The molecular formula is C22H29N5O2. The Labute approximate surface area is 172 Å². The molecule has 1 N–H and O–H groups in total. The molecule has 0 atom stereocenters. The van der Waals surface area contributed by atoms with Gasteiger partial charge in [0.15, 0.2) is 5.82 Å². The predicted octanol–water partition coefficient (Wildman–Crippen LogP) is 2.62. The maximum absolute atomic E-state index is 12.7. The number of piperidine rings is 1. The lowest BCUT2D eigenvalue weighted by molar-refractivity contribution is -0.125. The first-order valence-electron chi connectivity index (χ1n) is 10.4. The Kier molecular flexibility index (Phi) is 6.12. The van der Waals surface area contributed by atoms with Crippen LogP contribution in [-0.4, -0.2) is 49.2 Å². The van der Waals surface area contributed by atoms with Crippen molar-refractivity contribution in [3.8, 4) is 5.75 Å². The number of carbonyl (C=O) groups is 1. The topological polar surface area (TPSA) is 70.6 Å². The van der Waals surface area contributed by atoms with E-state index in [0.29, 0.717) is 6.54 Å². The zero-order valence-corrected chi connectivity index (χ0v) is 17.0. The van der Waals surface area contributed by atoms with E-state index in [1.807, 2.05) is 30.5 Å². The summed E-state index contributed by atoms with van der Waals surface area (Å²) in [5, 5.41) is 3.08. The number of nitrogens with one attached hydrogen (secondary N) is 1. The molecule has 29 heavy (non-hydrogen) atoms. The number of aromatic nitrogens is 2. The van der Waals surface area contributed by atoms with E-state index in [2.05, 4.69) is 25.1 Å². The highest BCUT2D eigenvalue weighted by atomic mass is 16.5. The summed E-state index contributed by atoms with van der Waals surface area (Å²) >= 11 is 0. The van der Waals surface area contributed by atoms with Crippen LogP contribution in [0.15, 0.2) is 36.8 Å². The Balaban J connectivity index is 1.32. The number of anilines is 2. The number of hydrogen-bond acceptors (Lipinski definition) is 6. The molecule has 0 unspecified atom stereocenters. The Morgan fingerprint density at radius 2 is 1.97 bits per heavy atom. The summed E-state index contributed by atoms with van der Waals surface area (Å²) in [6.07, 6.45) is 7.69. The minimum Gasteiger partial charge on any atom is -0.497 e. The number of nitrogens with zero attached hydrogens (tertiary/aromatic N) is 4. The van der Waals surface area contributed by atoms with Gasteiger partial charge in [-0.1, -0.05) is 12.1 Å². The smallest absolute Gasteiger partial charge is 0.223 e. The lowest BCUT2D eigenvalue weighted by Crippen LogP contribution is -2.41. The summed E-state index contributed by atoms with van der Waals surface area (Å²) in [6.45, 7) is 4.36. The van der Waals surface area contributed by atoms with Crippen molar-refractivity contribution in [3.63, 3.8) is 0 Å². The van der Waals surface area contributed by atoms with Crippen LogP contribution in [0.2, 0.25) is 0 Å². The SMILES string of the molecule is COc1cccc(CNC(=O)C2CCN(c3cncnc3N3CCCC3)CC2)c1. The number of rotatable bonds is 6. The number of carbonyl (C=O) groups excluding carboxylic acids is 1. The van der Waals surface area contributed by atoms with E-state index in [1.54, 1.807) is 13.4 Å². The molecule has 2 aliphatic heterocycles. The lowest BCUT2D eigenvalue weighted by Gasteiger charge is -2.34. The van der Waals surface area contributed by atoms with Crippen LogP contribution in [-0.2, 0) is 11.3 Å². The van der Waals surface area contributed by atoms with Crippen LogP contribution >= 0.6 is 0 Å². The molecule has 154 valence electrons. The first-order chi connectivity index (χ1) is 14.2. The number of hydrogen-bond donors (Lipinski definition) is 1. The molecule has 0 spiro atoms. The van der Waals surface area contributed by atoms with Crippen molar-refractivity contribution < 1.29 is 9.53 Å². The lowest BCUT2D eigenvalue weighted by atomic mass is 9.95. The number of amides is 1. The van der Waals surface area contributed by atoms with Gasteiger partial charge in [-0.2, -0.15) is 0 Å². The molecule has 0 bridgehead atoms. The molecule has 3 heterocycles. The zero-order valence-electron chi connectivity index (χ0n) is 17.0. The summed E-state index contributed by atoms with van der Waals surface area (Å²) < 4.78 is 5.25. The second kappa shape index (κ2) is 9.11. The minimum atomic E-state index is 0.0525. The Bertz CT molecular complexity index is 829. The quantitative estimate of drug-likeness (QED) is 0.811. The first-order valence-corrected chi connectivity index (χ1v) is 10.4. The Morgan fingerprint density at radius 3 is 2.72 bits per heavy atom. The van der Waals surface area contributed by atoms with Crippen molar-refractivity contribution in [2.24, 2.45) is 5.92 Å². The highest BCUT2D eigenvalue weighted by Crippen LogP contribution is 2.31. The summed E-state index contributed by atoms with van der Waals surface area (Å²) in [6, 6.07) is 7.81. The third kappa shape index (κ3) is 4.60. The van der Waals surface area contributed by atoms with Crippen LogP contribution in [0.1, 0.15) is 31.2 Å². The van der Waals surface area contributed by atoms with Gasteiger partial charge >= 0.3 is 0 Å². The molecule has 0 radical (unpaired) electrons. The normalized spacial score (nSPS) is 17.4. The molecule has 1 aromatic heterocycles. The average molecular weight is 396 g/mol. The van der Waals surface area contributed by atoms with Gasteiger partial charge in [0.25, 0.3) is 0 Å².